The van der Waals surface area contributed by atoms with Crippen LogP contribution in [0.25, 0.3) is 0 Å². The molecule has 1 fully saturated rings. The van der Waals surface area contributed by atoms with E-state index in [0.717, 1.165) is 12.1 Å². The molecule has 1 aromatic rings. The van der Waals surface area contributed by atoms with Crippen LogP contribution in [-0.2, 0) is 5.54 Å². The third-order valence-corrected chi connectivity index (χ3v) is 4.30. The van der Waals surface area contributed by atoms with Gasteiger partial charge in [-0.15, -0.1) is 0 Å². The standard InChI is InChI=1S/C16H23N3/c1-19(15-9-5-6-10-15)12-11-16(18,13-17)14-7-3-2-4-8-14/h2-4,7-8,15H,5-6,9-12,18H2,1H3. The average molecular weight is 257 g/mol. The fourth-order valence-electron chi connectivity index (χ4n) is 2.88. The lowest BCUT2D eigenvalue weighted by molar-refractivity contribution is 0.228. The molecule has 0 saturated heterocycles. The molecule has 3 heteroatoms. The summed E-state index contributed by atoms with van der Waals surface area (Å²) < 4.78 is 0. The molecule has 1 atom stereocenters. The van der Waals surface area contributed by atoms with Crippen LogP contribution in [0.4, 0.5) is 0 Å². The summed E-state index contributed by atoms with van der Waals surface area (Å²) in [5.41, 5.74) is 6.33. The van der Waals surface area contributed by atoms with Gasteiger partial charge in [-0.1, -0.05) is 43.2 Å². The van der Waals surface area contributed by atoms with E-state index in [-0.39, 0.29) is 0 Å². The Morgan fingerprint density at radius 3 is 2.53 bits per heavy atom. The zero-order valence-electron chi connectivity index (χ0n) is 11.7. The van der Waals surface area contributed by atoms with E-state index in [9.17, 15) is 5.26 Å². The smallest absolute Gasteiger partial charge is 0.131 e. The van der Waals surface area contributed by atoms with Gasteiger partial charge in [0.2, 0.25) is 0 Å². The lowest BCUT2D eigenvalue weighted by Gasteiger charge is -2.28. The van der Waals surface area contributed by atoms with Gasteiger partial charge in [-0.3, -0.25) is 0 Å². The Morgan fingerprint density at radius 2 is 1.95 bits per heavy atom. The highest BCUT2D eigenvalue weighted by atomic mass is 15.1. The SMILES string of the molecule is CN(CCC(N)(C#N)c1ccccc1)C1CCCC1. The number of nitriles is 1. The molecule has 0 amide bonds. The van der Waals surface area contributed by atoms with Crippen LogP contribution in [0.1, 0.15) is 37.7 Å². The zero-order chi connectivity index (χ0) is 13.7. The topological polar surface area (TPSA) is 53.0 Å². The van der Waals surface area contributed by atoms with Crippen LogP contribution in [-0.4, -0.2) is 24.5 Å². The molecule has 0 spiro atoms. The van der Waals surface area contributed by atoms with E-state index in [1.165, 1.54) is 25.7 Å². The maximum Gasteiger partial charge on any atom is 0.131 e. The molecule has 1 unspecified atom stereocenters. The minimum absolute atomic E-state index is 0.679. The average Bonchev–Trinajstić information content (AvgIpc) is 2.99. The molecule has 0 radical (unpaired) electrons. The predicted octanol–water partition coefficient (Wildman–Crippen LogP) is 2.63. The van der Waals surface area contributed by atoms with Crippen LogP contribution in [0, 0.1) is 11.3 Å². The highest BCUT2D eigenvalue weighted by Gasteiger charge is 2.28. The van der Waals surface area contributed by atoms with Crippen molar-refractivity contribution >= 4 is 0 Å². The zero-order valence-corrected chi connectivity index (χ0v) is 11.7. The van der Waals surface area contributed by atoms with Crippen molar-refractivity contribution in [1.29, 1.82) is 5.26 Å². The van der Waals surface area contributed by atoms with E-state index in [0.29, 0.717) is 12.5 Å². The number of hydrogen-bond acceptors (Lipinski definition) is 3. The highest BCUT2D eigenvalue weighted by molar-refractivity contribution is 5.30. The van der Waals surface area contributed by atoms with Crippen LogP contribution in [0.2, 0.25) is 0 Å². The van der Waals surface area contributed by atoms with Crippen molar-refractivity contribution in [3.63, 3.8) is 0 Å². The Hall–Kier alpha value is -1.37. The molecule has 1 aliphatic rings. The number of benzene rings is 1. The summed E-state index contributed by atoms with van der Waals surface area (Å²) in [6.45, 7) is 0.879. The molecule has 0 bridgehead atoms. The van der Waals surface area contributed by atoms with Crippen LogP contribution in [0.15, 0.2) is 30.3 Å². The first-order chi connectivity index (χ1) is 9.15. The first-order valence-corrected chi connectivity index (χ1v) is 7.11. The second-order valence-corrected chi connectivity index (χ2v) is 5.62. The van der Waals surface area contributed by atoms with E-state index in [4.69, 9.17) is 5.73 Å². The molecular formula is C16H23N3. The Kier molecular flexibility index (Phi) is 4.57. The molecular weight excluding hydrogens is 234 g/mol. The normalized spacial score (nSPS) is 19.3. The second-order valence-electron chi connectivity index (χ2n) is 5.62. The predicted molar refractivity (Wildman–Crippen MR) is 77.4 cm³/mol. The molecule has 1 aromatic carbocycles. The van der Waals surface area contributed by atoms with Gasteiger partial charge in [0.1, 0.15) is 5.54 Å². The number of nitrogens with two attached hydrogens (primary N) is 1. The first-order valence-electron chi connectivity index (χ1n) is 7.11. The van der Waals surface area contributed by atoms with Gasteiger partial charge >= 0.3 is 0 Å². The monoisotopic (exact) mass is 257 g/mol. The summed E-state index contributed by atoms with van der Waals surface area (Å²) in [5, 5.41) is 9.42. The molecule has 0 heterocycles. The summed E-state index contributed by atoms with van der Waals surface area (Å²) >= 11 is 0. The molecule has 3 nitrogen and oxygen atoms in total. The van der Waals surface area contributed by atoms with Crippen molar-refractivity contribution in [2.75, 3.05) is 13.6 Å². The quantitative estimate of drug-likeness (QED) is 0.882. The lowest BCUT2D eigenvalue weighted by atomic mass is 9.89. The molecule has 2 rings (SSSR count). The van der Waals surface area contributed by atoms with E-state index < -0.39 is 5.54 Å². The maximum atomic E-state index is 9.42. The fourth-order valence-corrected chi connectivity index (χ4v) is 2.88. The molecule has 1 aliphatic carbocycles. The van der Waals surface area contributed by atoms with Crippen molar-refractivity contribution in [1.82, 2.24) is 4.90 Å². The van der Waals surface area contributed by atoms with Gasteiger partial charge < -0.3 is 10.6 Å². The molecule has 0 aliphatic heterocycles. The summed E-state index contributed by atoms with van der Waals surface area (Å²) in [7, 11) is 2.15. The third kappa shape index (κ3) is 3.34. The third-order valence-electron chi connectivity index (χ3n) is 4.30. The fraction of sp³-hybridized carbons (Fsp3) is 0.562. The van der Waals surface area contributed by atoms with Crippen LogP contribution >= 0.6 is 0 Å². The summed E-state index contributed by atoms with van der Waals surface area (Å²) in [4.78, 5) is 2.37. The molecule has 102 valence electrons. The van der Waals surface area contributed by atoms with Crippen molar-refractivity contribution in [3.8, 4) is 6.07 Å². The second kappa shape index (κ2) is 6.18. The molecule has 0 aromatic heterocycles. The van der Waals surface area contributed by atoms with Crippen LogP contribution in [0.3, 0.4) is 0 Å². The summed E-state index contributed by atoms with van der Waals surface area (Å²) in [6.07, 6.45) is 5.91. The lowest BCUT2D eigenvalue weighted by Crippen LogP contribution is -2.40. The van der Waals surface area contributed by atoms with Gasteiger partial charge in [0.15, 0.2) is 0 Å². The van der Waals surface area contributed by atoms with Crippen molar-refractivity contribution in [3.05, 3.63) is 35.9 Å². The number of rotatable bonds is 5. The van der Waals surface area contributed by atoms with E-state index in [2.05, 4.69) is 18.0 Å². The van der Waals surface area contributed by atoms with Crippen molar-refractivity contribution in [2.45, 2.75) is 43.7 Å². The van der Waals surface area contributed by atoms with Crippen LogP contribution in [0.5, 0.6) is 0 Å². The van der Waals surface area contributed by atoms with Crippen molar-refractivity contribution in [2.24, 2.45) is 5.73 Å². The van der Waals surface area contributed by atoms with Gasteiger partial charge in [-0.2, -0.15) is 5.26 Å². The van der Waals surface area contributed by atoms with E-state index in [1.807, 2.05) is 30.3 Å². The van der Waals surface area contributed by atoms with Gasteiger partial charge in [0.25, 0.3) is 0 Å². The Balaban J connectivity index is 1.97. The van der Waals surface area contributed by atoms with Crippen molar-refractivity contribution < 1.29 is 0 Å². The summed E-state index contributed by atoms with van der Waals surface area (Å²) in [5.74, 6) is 0. The molecule has 19 heavy (non-hydrogen) atoms. The Morgan fingerprint density at radius 1 is 1.32 bits per heavy atom. The minimum Gasteiger partial charge on any atom is -0.310 e. The number of hydrogen-bond donors (Lipinski definition) is 1. The van der Waals surface area contributed by atoms with Crippen LogP contribution < -0.4 is 5.73 Å². The molecule has 1 saturated carbocycles. The maximum absolute atomic E-state index is 9.42. The van der Waals surface area contributed by atoms with Gasteiger partial charge in [-0.05, 0) is 31.9 Å². The van der Waals surface area contributed by atoms with E-state index >= 15 is 0 Å². The first kappa shape index (κ1) is 14.0. The molecule has 2 N–H and O–H groups in total. The van der Waals surface area contributed by atoms with Gasteiger partial charge in [0, 0.05) is 12.6 Å². The minimum atomic E-state index is -0.867. The van der Waals surface area contributed by atoms with Gasteiger partial charge in [0.05, 0.1) is 6.07 Å². The largest absolute Gasteiger partial charge is 0.310 e. The van der Waals surface area contributed by atoms with Gasteiger partial charge in [-0.25, -0.2) is 0 Å². The number of nitrogens with zero attached hydrogens (tertiary/aromatic N) is 2. The summed E-state index contributed by atoms with van der Waals surface area (Å²) in [6, 6.07) is 12.7. The highest BCUT2D eigenvalue weighted by Crippen LogP contribution is 2.25. The Bertz CT molecular complexity index is 431. The Labute approximate surface area is 116 Å². The van der Waals surface area contributed by atoms with E-state index in [1.54, 1.807) is 0 Å².